The smallest absolute Gasteiger partial charge is 0.181 e. The van der Waals surface area contributed by atoms with Gasteiger partial charge in [-0.1, -0.05) is 6.07 Å². The van der Waals surface area contributed by atoms with E-state index in [0.717, 1.165) is 10.4 Å². The molecule has 2 aromatic rings. The molecule has 14 heavy (non-hydrogen) atoms. The second-order valence-electron chi connectivity index (χ2n) is 2.73. The van der Waals surface area contributed by atoms with Crippen molar-refractivity contribution in [1.82, 2.24) is 9.55 Å². The highest BCUT2D eigenvalue weighted by atomic mass is 79.9. The molecule has 0 aliphatic rings. The summed E-state index contributed by atoms with van der Waals surface area (Å²) < 4.78 is 2.59. The molecule has 0 radical (unpaired) electrons. The average molecular weight is 248 g/mol. The van der Waals surface area contributed by atoms with Gasteiger partial charge in [-0.3, -0.25) is 4.57 Å². The molecule has 1 heterocycles. The van der Waals surface area contributed by atoms with Crippen LogP contribution >= 0.6 is 15.9 Å². The van der Waals surface area contributed by atoms with E-state index in [1.165, 1.54) is 0 Å². The second-order valence-corrected chi connectivity index (χ2v) is 3.44. The van der Waals surface area contributed by atoms with Gasteiger partial charge in [0.25, 0.3) is 0 Å². The molecule has 0 N–H and O–H groups in total. The monoisotopic (exact) mass is 247 g/mol. The number of aromatic nitrogens is 2. The van der Waals surface area contributed by atoms with Gasteiger partial charge >= 0.3 is 0 Å². The Bertz CT molecular complexity index is 496. The Hall–Kier alpha value is -1.60. The maximum Gasteiger partial charge on any atom is 0.181 e. The number of imidazole rings is 1. The summed E-state index contributed by atoms with van der Waals surface area (Å²) in [7, 11) is 0. The molecule has 2 rings (SSSR count). The van der Waals surface area contributed by atoms with Gasteiger partial charge < -0.3 is 0 Å². The Labute approximate surface area is 89.8 Å². The molecule has 0 saturated heterocycles. The average Bonchev–Trinajstić information content (AvgIpc) is 2.65. The van der Waals surface area contributed by atoms with Crippen LogP contribution in [0.15, 0.2) is 41.4 Å². The topological polar surface area (TPSA) is 41.6 Å². The maximum absolute atomic E-state index is 8.74. The number of hydrogen-bond acceptors (Lipinski definition) is 2. The SMILES string of the molecule is N#Cc1cccc(-n2ccnc2Br)c1. The normalized spacial score (nSPS) is 9.71. The van der Waals surface area contributed by atoms with Crippen LogP contribution in [0.1, 0.15) is 5.56 Å². The Morgan fingerprint density at radius 1 is 1.43 bits per heavy atom. The van der Waals surface area contributed by atoms with E-state index < -0.39 is 0 Å². The molecule has 3 nitrogen and oxygen atoms in total. The van der Waals surface area contributed by atoms with Gasteiger partial charge in [0.05, 0.1) is 11.6 Å². The molecular weight excluding hydrogens is 242 g/mol. The zero-order chi connectivity index (χ0) is 9.97. The predicted molar refractivity (Wildman–Crippen MR) is 56.0 cm³/mol. The first-order valence-electron chi connectivity index (χ1n) is 4.00. The number of halogens is 1. The van der Waals surface area contributed by atoms with Crippen molar-refractivity contribution >= 4 is 15.9 Å². The van der Waals surface area contributed by atoms with Gasteiger partial charge in [0, 0.05) is 18.1 Å². The predicted octanol–water partition coefficient (Wildman–Crippen LogP) is 2.51. The van der Waals surface area contributed by atoms with Crippen molar-refractivity contribution in [3.05, 3.63) is 47.0 Å². The van der Waals surface area contributed by atoms with Crippen LogP contribution in [0.3, 0.4) is 0 Å². The summed E-state index contributed by atoms with van der Waals surface area (Å²) >= 11 is 3.32. The van der Waals surface area contributed by atoms with Crippen LogP contribution < -0.4 is 0 Å². The van der Waals surface area contributed by atoms with E-state index in [-0.39, 0.29) is 0 Å². The van der Waals surface area contributed by atoms with Crippen LogP contribution in [0.5, 0.6) is 0 Å². The summed E-state index contributed by atoms with van der Waals surface area (Å²) in [5.41, 5.74) is 1.57. The number of nitrogens with zero attached hydrogens (tertiary/aromatic N) is 3. The lowest BCUT2D eigenvalue weighted by Crippen LogP contribution is -1.92. The molecule has 0 bridgehead atoms. The summed E-state index contributed by atoms with van der Waals surface area (Å²) in [5.74, 6) is 0. The van der Waals surface area contributed by atoms with Crippen LogP contribution in [-0.2, 0) is 0 Å². The van der Waals surface area contributed by atoms with Crippen LogP contribution in [-0.4, -0.2) is 9.55 Å². The minimum atomic E-state index is 0.642. The van der Waals surface area contributed by atoms with Crippen molar-refractivity contribution in [2.75, 3.05) is 0 Å². The van der Waals surface area contributed by atoms with Crippen LogP contribution in [0.25, 0.3) is 5.69 Å². The number of benzene rings is 1. The second kappa shape index (κ2) is 3.64. The van der Waals surface area contributed by atoms with Crippen LogP contribution in [0.2, 0.25) is 0 Å². The molecule has 0 aliphatic heterocycles. The van der Waals surface area contributed by atoms with Gasteiger partial charge in [-0.15, -0.1) is 0 Å². The van der Waals surface area contributed by atoms with E-state index in [4.69, 9.17) is 5.26 Å². The number of rotatable bonds is 1. The molecule has 68 valence electrons. The first-order valence-corrected chi connectivity index (χ1v) is 4.80. The summed E-state index contributed by atoms with van der Waals surface area (Å²) in [5, 5.41) is 8.74. The van der Waals surface area contributed by atoms with E-state index >= 15 is 0 Å². The highest BCUT2D eigenvalue weighted by Gasteiger charge is 2.01. The Kier molecular flexibility index (Phi) is 2.33. The van der Waals surface area contributed by atoms with Crippen molar-refractivity contribution < 1.29 is 0 Å². The standard InChI is InChI=1S/C10H6BrN3/c11-10-13-4-5-14(10)9-3-1-2-8(6-9)7-12/h1-6H. The van der Waals surface area contributed by atoms with E-state index in [1.807, 2.05) is 29.0 Å². The van der Waals surface area contributed by atoms with Gasteiger partial charge in [-0.25, -0.2) is 4.98 Å². The third-order valence-corrected chi connectivity index (χ3v) is 2.44. The van der Waals surface area contributed by atoms with E-state index in [0.29, 0.717) is 5.56 Å². The molecule has 0 spiro atoms. The van der Waals surface area contributed by atoms with Gasteiger partial charge in [-0.05, 0) is 34.1 Å². The first kappa shape index (κ1) is 8.97. The minimum absolute atomic E-state index is 0.642. The molecule has 1 aromatic carbocycles. The summed E-state index contributed by atoms with van der Waals surface area (Å²) in [6, 6.07) is 9.46. The molecule has 0 unspecified atom stereocenters. The lowest BCUT2D eigenvalue weighted by atomic mass is 10.2. The fourth-order valence-corrected chi connectivity index (χ4v) is 1.64. The third kappa shape index (κ3) is 1.54. The highest BCUT2D eigenvalue weighted by molar-refractivity contribution is 9.10. The molecule has 0 aliphatic carbocycles. The molecule has 0 saturated carbocycles. The fourth-order valence-electron chi connectivity index (χ4n) is 1.20. The summed E-state index contributed by atoms with van der Waals surface area (Å²) in [4.78, 5) is 4.05. The molecule has 1 aromatic heterocycles. The molecule has 0 amide bonds. The Morgan fingerprint density at radius 2 is 2.29 bits per heavy atom. The quantitative estimate of drug-likeness (QED) is 0.777. The highest BCUT2D eigenvalue weighted by Crippen LogP contribution is 2.15. The fraction of sp³-hybridized carbons (Fsp3) is 0. The van der Waals surface area contributed by atoms with Crippen molar-refractivity contribution in [2.24, 2.45) is 0 Å². The largest absolute Gasteiger partial charge is 0.294 e. The minimum Gasteiger partial charge on any atom is -0.294 e. The van der Waals surface area contributed by atoms with E-state index in [1.54, 1.807) is 12.3 Å². The van der Waals surface area contributed by atoms with Gasteiger partial charge in [0.15, 0.2) is 4.73 Å². The van der Waals surface area contributed by atoms with E-state index in [2.05, 4.69) is 27.0 Å². The van der Waals surface area contributed by atoms with Crippen LogP contribution in [0.4, 0.5) is 0 Å². The summed E-state index contributed by atoms with van der Waals surface area (Å²) in [6.45, 7) is 0. The number of nitriles is 1. The zero-order valence-electron chi connectivity index (χ0n) is 7.18. The third-order valence-electron chi connectivity index (χ3n) is 1.85. The van der Waals surface area contributed by atoms with Gasteiger partial charge in [0.1, 0.15) is 0 Å². The van der Waals surface area contributed by atoms with Crippen molar-refractivity contribution in [3.63, 3.8) is 0 Å². The van der Waals surface area contributed by atoms with Crippen molar-refractivity contribution in [3.8, 4) is 11.8 Å². The van der Waals surface area contributed by atoms with Crippen LogP contribution in [0, 0.1) is 11.3 Å². The zero-order valence-corrected chi connectivity index (χ0v) is 8.77. The van der Waals surface area contributed by atoms with Gasteiger partial charge in [-0.2, -0.15) is 5.26 Å². The Balaban J connectivity index is 2.53. The Morgan fingerprint density at radius 3 is 2.93 bits per heavy atom. The molecular formula is C10H6BrN3. The first-order chi connectivity index (χ1) is 6.81. The van der Waals surface area contributed by atoms with Crippen molar-refractivity contribution in [1.29, 1.82) is 5.26 Å². The van der Waals surface area contributed by atoms with Gasteiger partial charge in [0.2, 0.25) is 0 Å². The summed E-state index contributed by atoms with van der Waals surface area (Å²) in [6.07, 6.45) is 3.53. The molecule has 0 atom stereocenters. The molecule has 0 fully saturated rings. The van der Waals surface area contributed by atoms with Crippen molar-refractivity contribution in [2.45, 2.75) is 0 Å². The lowest BCUT2D eigenvalue weighted by molar-refractivity contribution is 1.01. The maximum atomic E-state index is 8.74. The molecule has 4 heteroatoms. The van der Waals surface area contributed by atoms with E-state index in [9.17, 15) is 0 Å². The number of hydrogen-bond donors (Lipinski definition) is 0. The lowest BCUT2D eigenvalue weighted by Gasteiger charge is -2.03.